The topological polar surface area (TPSA) is 126 Å². The number of nitriles is 1. The predicted molar refractivity (Wildman–Crippen MR) is 75.9 cm³/mol. The number of carbonyl (C=O) groups is 2. The lowest BCUT2D eigenvalue weighted by molar-refractivity contribution is 0.0998. The molecule has 0 fully saturated rings. The third-order valence-corrected chi connectivity index (χ3v) is 2.83. The third-order valence-electron chi connectivity index (χ3n) is 2.56. The number of hydrogen-bond donors (Lipinski definition) is 2. The lowest BCUT2D eigenvalue weighted by atomic mass is 10.2. The minimum atomic E-state index is -0.783. The Morgan fingerprint density at radius 1 is 1.27 bits per heavy atom. The Hall–Kier alpha value is -3.11. The molecule has 0 radical (unpaired) electrons. The molecule has 1 amide bonds. The van der Waals surface area contributed by atoms with Crippen molar-refractivity contribution >= 4 is 23.3 Å². The summed E-state index contributed by atoms with van der Waals surface area (Å²) >= 11 is 5.92. The zero-order valence-corrected chi connectivity index (χ0v) is 11.7. The van der Waals surface area contributed by atoms with Gasteiger partial charge in [0.05, 0.1) is 5.56 Å². The maximum Gasteiger partial charge on any atom is 0.263 e. The Kier molecular flexibility index (Phi) is 4.25. The van der Waals surface area contributed by atoms with Gasteiger partial charge in [-0.05, 0) is 18.2 Å². The van der Waals surface area contributed by atoms with Crippen LogP contribution in [0.4, 0.5) is 0 Å². The second kappa shape index (κ2) is 6.11. The predicted octanol–water partition coefficient (Wildman–Crippen LogP) is 2.04. The lowest BCUT2D eigenvalue weighted by Gasteiger charge is -2.08. The summed E-state index contributed by atoms with van der Waals surface area (Å²) in [6.07, 6.45) is 1.13. The van der Waals surface area contributed by atoms with E-state index >= 15 is 0 Å². The average molecular weight is 318 g/mol. The van der Waals surface area contributed by atoms with Crippen molar-refractivity contribution in [2.24, 2.45) is 5.73 Å². The number of amides is 1. The molecule has 0 saturated heterocycles. The van der Waals surface area contributed by atoms with Crippen molar-refractivity contribution < 1.29 is 19.4 Å². The zero-order chi connectivity index (χ0) is 16.3. The molecule has 0 spiro atoms. The Morgan fingerprint density at radius 2 is 2.00 bits per heavy atom. The van der Waals surface area contributed by atoms with Crippen LogP contribution in [0.25, 0.3) is 0 Å². The molecule has 1 heterocycles. The van der Waals surface area contributed by atoms with E-state index < -0.39 is 11.7 Å². The van der Waals surface area contributed by atoms with E-state index in [1.54, 1.807) is 0 Å². The van der Waals surface area contributed by atoms with Crippen LogP contribution in [0, 0.1) is 11.3 Å². The summed E-state index contributed by atoms with van der Waals surface area (Å²) in [6.45, 7) is 0. The number of aromatic nitrogens is 1. The number of carbonyl (C=O) groups excluding carboxylic acids is 2. The first-order chi connectivity index (χ1) is 10.4. The Labute approximate surface area is 129 Å². The summed E-state index contributed by atoms with van der Waals surface area (Å²) in [5.74, 6) is -1.72. The van der Waals surface area contributed by atoms with Crippen LogP contribution >= 0.6 is 11.6 Å². The van der Waals surface area contributed by atoms with Gasteiger partial charge in [0.25, 0.3) is 5.78 Å². The standard InChI is InChI=1S/C14H8ClN3O4/c15-11-3-8(12(20)5-16)6-18-14(11)22-10-2-7(13(17)21)1-9(19)4-10/h1-4,6,19H,(H2,17,21). The van der Waals surface area contributed by atoms with Gasteiger partial charge in [-0.15, -0.1) is 0 Å². The van der Waals surface area contributed by atoms with Crippen LogP contribution in [-0.4, -0.2) is 21.8 Å². The number of rotatable bonds is 4. The molecule has 0 atom stereocenters. The van der Waals surface area contributed by atoms with E-state index in [1.807, 2.05) is 0 Å². The van der Waals surface area contributed by atoms with Gasteiger partial charge in [-0.2, -0.15) is 5.26 Å². The molecular formula is C14H8ClN3O4. The van der Waals surface area contributed by atoms with Crippen molar-refractivity contribution in [1.82, 2.24) is 4.98 Å². The van der Waals surface area contributed by atoms with E-state index in [1.165, 1.54) is 30.3 Å². The number of Topliss-reactive ketones (excluding diaryl/α,β-unsaturated/α-hetero) is 1. The van der Waals surface area contributed by atoms with Crippen molar-refractivity contribution in [3.8, 4) is 23.4 Å². The van der Waals surface area contributed by atoms with Gasteiger partial charge in [0.15, 0.2) is 0 Å². The van der Waals surface area contributed by atoms with Gasteiger partial charge < -0.3 is 15.6 Å². The molecule has 0 bridgehead atoms. The van der Waals surface area contributed by atoms with Crippen molar-refractivity contribution in [3.63, 3.8) is 0 Å². The first kappa shape index (κ1) is 15.3. The highest BCUT2D eigenvalue weighted by molar-refractivity contribution is 6.32. The molecular weight excluding hydrogens is 310 g/mol. The molecule has 22 heavy (non-hydrogen) atoms. The summed E-state index contributed by atoms with van der Waals surface area (Å²) in [5.41, 5.74) is 5.19. The Morgan fingerprint density at radius 3 is 2.59 bits per heavy atom. The molecule has 0 aliphatic rings. The largest absolute Gasteiger partial charge is 0.508 e. The van der Waals surface area contributed by atoms with Gasteiger partial charge in [0.1, 0.15) is 22.6 Å². The van der Waals surface area contributed by atoms with Gasteiger partial charge in [0, 0.05) is 17.8 Å². The number of hydrogen-bond acceptors (Lipinski definition) is 6. The molecule has 0 unspecified atom stereocenters. The second-order valence-electron chi connectivity index (χ2n) is 4.13. The summed E-state index contributed by atoms with van der Waals surface area (Å²) in [6, 6.07) is 6.39. The van der Waals surface area contributed by atoms with Gasteiger partial charge in [-0.1, -0.05) is 11.6 Å². The highest BCUT2D eigenvalue weighted by atomic mass is 35.5. The fraction of sp³-hybridized carbons (Fsp3) is 0. The Balaban J connectivity index is 2.34. The number of phenolic OH excluding ortho intramolecular Hbond substituents is 1. The summed E-state index contributed by atoms with van der Waals surface area (Å²) in [7, 11) is 0. The van der Waals surface area contributed by atoms with E-state index in [0.717, 1.165) is 6.20 Å². The third kappa shape index (κ3) is 3.31. The van der Waals surface area contributed by atoms with Crippen LogP contribution in [0.1, 0.15) is 20.7 Å². The Bertz CT molecular complexity index is 814. The molecule has 1 aromatic heterocycles. The van der Waals surface area contributed by atoms with Crippen molar-refractivity contribution in [1.29, 1.82) is 5.26 Å². The summed E-state index contributed by atoms with van der Waals surface area (Å²) in [5, 5.41) is 18.0. The molecule has 2 rings (SSSR count). The van der Waals surface area contributed by atoms with E-state index in [4.69, 9.17) is 27.3 Å². The maximum atomic E-state index is 11.2. The quantitative estimate of drug-likeness (QED) is 0.656. The fourth-order valence-corrected chi connectivity index (χ4v) is 1.79. The maximum absolute atomic E-state index is 11.2. The first-order valence-electron chi connectivity index (χ1n) is 5.82. The highest BCUT2D eigenvalue weighted by Gasteiger charge is 2.12. The minimum absolute atomic E-state index is 0.00920. The van der Waals surface area contributed by atoms with Crippen LogP contribution in [0.5, 0.6) is 17.4 Å². The van der Waals surface area contributed by atoms with Crippen LogP contribution in [0.15, 0.2) is 30.5 Å². The van der Waals surface area contributed by atoms with E-state index in [-0.39, 0.29) is 33.5 Å². The number of benzene rings is 1. The number of ketones is 1. The molecule has 110 valence electrons. The number of nitrogens with two attached hydrogens (primary N) is 1. The lowest BCUT2D eigenvalue weighted by Crippen LogP contribution is -2.10. The molecule has 2 aromatic rings. The number of aromatic hydroxyl groups is 1. The molecule has 0 saturated carbocycles. The minimum Gasteiger partial charge on any atom is -0.508 e. The van der Waals surface area contributed by atoms with Crippen LogP contribution in [-0.2, 0) is 0 Å². The molecule has 7 nitrogen and oxygen atoms in total. The molecule has 3 N–H and O–H groups in total. The molecule has 8 heteroatoms. The van der Waals surface area contributed by atoms with E-state index in [9.17, 15) is 14.7 Å². The first-order valence-corrected chi connectivity index (χ1v) is 6.20. The molecule has 0 aliphatic carbocycles. The zero-order valence-electron chi connectivity index (χ0n) is 10.9. The summed E-state index contributed by atoms with van der Waals surface area (Å²) < 4.78 is 5.34. The van der Waals surface area contributed by atoms with Crippen LogP contribution in [0.2, 0.25) is 5.02 Å². The SMILES string of the molecule is N#CC(=O)c1cnc(Oc2cc(O)cc(C(N)=O)c2)c(Cl)c1. The second-order valence-corrected chi connectivity index (χ2v) is 4.54. The molecule has 1 aromatic carbocycles. The average Bonchev–Trinajstić information content (AvgIpc) is 2.47. The smallest absolute Gasteiger partial charge is 0.263 e. The van der Waals surface area contributed by atoms with Crippen LogP contribution in [0.3, 0.4) is 0 Å². The van der Waals surface area contributed by atoms with Crippen molar-refractivity contribution in [2.45, 2.75) is 0 Å². The number of halogens is 1. The number of phenols is 1. The normalized spacial score (nSPS) is 9.82. The van der Waals surface area contributed by atoms with Gasteiger partial charge >= 0.3 is 0 Å². The number of nitrogens with zero attached hydrogens (tertiary/aromatic N) is 2. The van der Waals surface area contributed by atoms with Crippen molar-refractivity contribution in [3.05, 3.63) is 46.6 Å². The van der Waals surface area contributed by atoms with E-state index in [0.29, 0.717) is 0 Å². The highest BCUT2D eigenvalue weighted by Crippen LogP contribution is 2.30. The van der Waals surface area contributed by atoms with Crippen LogP contribution < -0.4 is 10.5 Å². The number of primary amides is 1. The number of ether oxygens (including phenoxy) is 1. The van der Waals surface area contributed by atoms with Crippen molar-refractivity contribution in [2.75, 3.05) is 0 Å². The van der Waals surface area contributed by atoms with Gasteiger partial charge in [-0.3, -0.25) is 9.59 Å². The summed E-state index contributed by atoms with van der Waals surface area (Å²) in [4.78, 5) is 26.2. The van der Waals surface area contributed by atoms with Gasteiger partial charge in [0.2, 0.25) is 11.8 Å². The molecule has 0 aliphatic heterocycles. The number of pyridine rings is 1. The van der Waals surface area contributed by atoms with E-state index in [2.05, 4.69) is 4.98 Å². The monoisotopic (exact) mass is 317 g/mol. The van der Waals surface area contributed by atoms with Gasteiger partial charge in [-0.25, -0.2) is 4.98 Å². The fourth-order valence-electron chi connectivity index (χ4n) is 1.59.